The normalized spacial score (nSPS) is 20.3. The summed E-state index contributed by atoms with van der Waals surface area (Å²) in [4.78, 5) is 2.63. The molecule has 1 unspecified atom stereocenters. The third-order valence-electron chi connectivity index (χ3n) is 4.35. The molecule has 1 atom stereocenters. The van der Waals surface area contributed by atoms with E-state index in [1.165, 1.54) is 62.7 Å². The van der Waals surface area contributed by atoms with Gasteiger partial charge in [-0.25, -0.2) is 0 Å². The summed E-state index contributed by atoms with van der Waals surface area (Å²) in [5, 5.41) is 0. The van der Waals surface area contributed by atoms with Crippen molar-refractivity contribution in [1.82, 2.24) is 0 Å². The molecule has 1 aromatic carbocycles. The number of nitrogens with zero attached hydrogens (tertiary/aromatic N) is 1. The van der Waals surface area contributed by atoms with Gasteiger partial charge in [-0.05, 0) is 49.9 Å². The van der Waals surface area contributed by atoms with E-state index in [2.05, 4.69) is 36.9 Å². The lowest BCUT2D eigenvalue weighted by Crippen LogP contribution is -2.34. The van der Waals surface area contributed by atoms with Crippen molar-refractivity contribution in [3.8, 4) is 0 Å². The lowest BCUT2D eigenvalue weighted by atomic mass is 10.0. The molecule has 2 rings (SSSR count). The molecule has 2 nitrogen and oxygen atoms in total. The third kappa shape index (κ3) is 3.65. The second-order valence-corrected chi connectivity index (χ2v) is 5.88. The molecule has 0 radical (unpaired) electrons. The van der Waals surface area contributed by atoms with Crippen molar-refractivity contribution in [2.24, 2.45) is 0 Å². The van der Waals surface area contributed by atoms with E-state index in [4.69, 9.17) is 5.73 Å². The van der Waals surface area contributed by atoms with Gasteiger partial charge in [-0.3, -0.25) is 0 Å². The summed E-state index contributed by atoms with van der Waals surface area (Å²) >= 11 is 0. The molecule has 0 bridgehead atoms. The zero-order valence-corrected chi connectivity index (χ0v) is 12.5. The Kier molecular flexibility index (Phi) is 5.12. The van der Waals surface area contributed by atoms with Gasteiger partial charge in [0, 0.05) is 24.0 Å². The second kappa shape index (κ2) is 6.83. The fourth-order valence-electron chi connectivity index (χ4n) is 3.10. The zero-order valence-electron chi connectivity index (χ0n) is 12.5. The molecule has 0 spiro atoms. The molecule has 0 saturated carbocycles. The summed E-state index contributed by atoms with van der Waals surface area (Å²) in [7, 11) is 0. The molecule has 0 aromatic heterocycles. The van der Waals surface area contributed by atoms with Crippen LogP contribution in [0, 0.1) is 6.92 Å². The molecular formula is C17H28N2. The fraction of sp³-hybridized carbons (Fsp3) is 0.647. The molecule has 106 valence electrons. The summed E-state index contributed by atoms with van der Waals surface area (Å²) in [6.45, 7) is 5.60. The van der Waals surface area contributed by atoms with Crippen molar-refractivity contribution in [3.05, 3.63) is 23.8 Å². The number of unbranched alkanes of at least 4 members (excludes halogenated alkanes) is 1. The number of aryl methyl sites for hydroxylation is 1. The lowest BCUT2D eigenvalue weighted by molar-refractivity contribution is 0.512. The molecule has 1 aliphatic rings. The first-order valence-corrected chi connectivity index (χ1v) is 7.85. The highest BCUT2D eigenvalue weighted by molar-refractivity contribution is 5.58. The van der Waals surface area contributed by atoms with Crippen molar-refractivity contribution in [2.45, 2.75) is 64.8 Å². The summed E-state index contributed by atoms with van der Waals surface area (Å²) in [6, 6.07) is 7.25. The van der Waals surface area contributed by atoms with Gasteiger partial charge in [-0.15, -0.1) is 0 Å². The fourth-order valence-corrected chi connectivity index (χ4v) is 3.10. The number of hydrogen-bond donors (Lipinski definition) is 1. The van der Waals surface area contributed by atoms with Crippen LogP contribution in [0.15, 0.2) is 18.2 Å². The van der Waals surface area contributed by atoms with Crippen LogP contribution in [0.1, 0.15) is 57.4 Å². The van der Waals surface area contributed by atoms with Crippen LogP contribution in [0.2, 0.25) is 0 Å². The molecule has 0 aliphatic carbocycles. The summed E-state index contributed by atoms with van der Waals surface area (Å²) < 4.78 is 0. The topological polar surface area (TPSA) is 29.3 Å². The first kappa shape index (κ1) is 14.2. The van der Waals surface area contributed by atoms with Crippen LogP contribution in [0.25, 0.3) is 0 Å². The highest BCUT2D eigenvalue weighted by Crippen LogP contribution is 2.29. The molecule has 1 fully saturated rings. The minimum atomic E-state index is 0.727. The lowest BCUT2D eigenvalue weighted by Gasteiger charge is -2.32. The van der Waals surface area contributed by atoms with Crippen LogP contribution < -0.4 is 10.6 Å². The van der Waals surface area contributed by atoms with Crippen molar-refractivity contribution < 1.29 is 0 Å². The van der Waals surface area contributed by atoms with E-state index in [-0.39, 0.29) is 0 Å². The Morgan fingerprint density at radius 1 is 1.26 bits per heavy atom. The van der Waals surface area contributed by atoms with Crippen LogP contribution in [0.4, 0.5) is 11.4 Å². The van der Waals surface area contributed by atoms with Gasteiger partial charge < -0.3 is 10.6 Å². The standard InChI is InChI=1S/C17H28N2/c1-3-4-8-15-9-6-5-7-12-19(15)16-10-11-17(18)14(2)13-16/h10-11,13,15H,3-9,12,18H2,1-2H3. The van der Waals surface area contributed by atoms with Crippen molar-refractivity contribution in [2.75, 3.05) is 17.2 Å². The average molecular weight is 260 g/mol. The van der Waals surface area contributed by atoms with Gasteiger partial charge in [-0.2, -0.15) is 0 Å². The van der Waals surface area contributed by atoms with Gasteiger partial charge in [0.1, 0.15) is 0 Å². The van der Waals surface area contributed by atoms with Gasteiger partial charge in [0.05, 0.1) is 0 Å². The molecule has 2 N–H and O–H groups in total. The predicted octanol–water partition coefficient (Wildman–Crippen LogP) is 4.52. The van der Waals surface area contributed by atoms with Crippen molar-refractivity contribution in [3.63, 3.8) is 0 Å². The van der Waals surface area contributed by atoms with Crippen molar-refractivity contribution in [1.29, 1.82) is 0 Å². The van der Waals surface area contributed by atoms with Crippen LogP contribution in [0.3, 0.4) is 0 Å². The summed E-state index contributed by atoms with van der Waals surface area (Å²) in [5.41, 5.74) is 9.43. The van der Waals surface area contributed by atoms with E-state index in [0.29, 0.717) is 0 Å². The number of hydrogen-bond acceptors (Lipinski definition) is 2. The average Bonchev–Trinajstić information content (AvgIpc) is 2.65. The molecule has 2 heteroatoms. The molecular weight excluding hydrogens is 232 g/mol. The Morgan fingerprint density at radius 3 is 2.84 bits per heavy atom. The van der Waals surface area contributed by atoms with E-state index in [1.807, 2.05) is 0 Å². The molecule has 1 heterocycles. The first-order chi connectivity index (χ1) is 9.22. The minimum absolute atomic E-state index is 0.727. The summed E-state index contributed by atoms with van der Waals surface area (Å²) in [5.74, 6) is 0. The van der Waals surface area contributed by atoms with Crippen LogP contribution in [-0.4, -0.2) is 12.6 Å². The number of anilines is 2. The Labute approximate surface area is 118 Å². The van der Waals surface area contributed by atoms with E-state index in [0.717, 1.165) is 11.7 Å². The van der Waals surface area contributed by atoms with Crippen LogP contribution in [0.5, 0.6) is 0 Å². The SMILES string of the molecule is CCCCC1CCCCCN1c1ccc(N)c(C)c1. The molecule has 1 aliphatic heterocycles. The second-order valence-electron chi connectivity index (χ2n) is 5.88. The Bertz CT molecular complexity index is 400. The number of nitrogens with two attached hydrogens (primary N) is 1. The molecule has 1 aromatic rings. The molecule has 19 heavy (non-hydrogen) atoms. The van der Waals surface area contributed by atoms with Crippen molar-refractivity contribution >= 4 is 11.4 Å². The quantitative estimate of drug-likeness (QED) is 0.807. The molecule has 1 saturated heterocycles. The maximum atomic E-state index is 5.95. The first-order valence-electron chi connectivity index (χ1n) is 7.85. The Morgan fingerprint density at radius 2 is 2.11 bits per heavy atom. The van der Waals surface area contributed by atoms with E-state index < -0.39 is 0 Å². The minimum Gasteiger partial charge on any atom is -0.399 e. The molecule has 0 amide bonds. The van der Waals surface area contributed by atoms with Crippen LogP contribution >= 0.6 is 0 Å². The summed E-state index contributed by atoms with van der Waals surface area (Å²) in [6.07, 6.45) is 9.42. The number of benzene rings is 1. The highest BCUT2D eigenvalue weighted by Gasteiger charge is 2.21. The highest BCUT2D eigenvalue weighted by atomic mass is 15.2. The van der Waals surface area contributed by atoms with E-state index in [1.54, 1.807) is 0 Å². The van der Waals surface area contributed by atoms with Gasteiger partial charge in [-0.1, -0.05) is 32.6 Å². The van der Waals surface area contributed by atoms with E-state index in [9.17, 15) is 0 Å². The third-order valence-corrected chi connectivity index (χ3v) is 4.35. The maximum Gasteiger partial charge on any atom is 0.0372 e. The van der Waals surface area contributed by atoms with E-state index >= 15 is 0 Å². The van der Waals surface area contributed by atoms with Gasteiger partial charge >= 0.3 is 0 Å². The van der Waals surface area contributed by atoms with Gasteiger partial charge in [0.15, 0.2) is 0 Å². The van der Waals surface area contributed by atoms with Gasteiger partial charge in [0.2, 0.25) is 0 Å². The maximum absolute atomic E-state index is 5.95. The van der Waals surface area contributed by atoms with Crippen LogP contribution in [-0.2, 0) is 0 Å². The monoisotopic (exact) mass is 260 g/mol. The Hall–Kier alpha value is -1.18. The predicted molar refractivity (Wildman–Crippen MR) is 84.7 cm³/mol. The van der Waals surface area contributed by atoms with Gasteiger partial charge in [0.25, 0.3) is 0 Å². The zero-order chi connectivity index (χ0) is 13.7. The number of nitrogen functional groups attached to an aromatic ring is 1. The number of rotatable bonds is 4. The largest absolute Gasteiger partial charge is 0.399 e. The Balaban J connectivity index is 2.18. The smallest absolute Gasteiger partial charge is 0.0372 e.